The molecule has 0 saturated carbocycles. The molecule has 0 aliphatic carbocycles. The lowest BCUT2D eigenvalue weighted by Crippen LogP contribution is -2.40. The molecule has 5 nitrogen and oxygen atoms in total. The summed E-state index contributed by atoms with van der Waals surface area (Å²) in [5, 5.41) is 3.07. The zero-order chi connectivity index (χ0) is 14.1. The number of nitrogens with zero attached hydrogens (tertiary/aromatic N) is 1. The van der Waals surface area contributed by atoms with Gasteiger partial charge in [0.15, 0.2) is 5.96 Å². The molecule has 0 fully saturated rings. The van der Waals surface area contributed by atoms with Crippen LogP contribution in [0.5, 0.6) is 5.75 Å². The third kappa shape index (κ3) is 7.54. The van der Waals surface area contributed by atoms with Gasteiger partial charge in [0, 0.05) is 19.7 Å². The van der Waals surface area contributed by atoms with Gasteiger partial charge in [-0.15, -0.1) is 24.0 Å². The lowest BCUT2D eigenvalue weighted by molar-refractivity contribution is 0.179. The van der Waals surface area contributed by atoms with E-state index >= 15 is 0 Å². The van der Waals surface area contributed by atoms with Crippen LogP contribution < -0.4 is 15.8 Å². The van der Waals surface area contributed by atoms with Crippen molar-refractivity contribution in [2.24, 2.45) is 10.7 Å². The molecular formula is C14H24IN3O2. The Labute approximate surface area is 138 Å². The van der Waals surface area contributed by atoms with Crippen LogP contribution in [0.4, 0.5) is 0 Å². The van der Waals surface area contributed by atoms with Crippen LogP contribution in [0, 0.1) is 0 Å². The SMILES string of the molecule is COCC(C)NC(N)=NCCc1ccc(OC)cc1.I. The first-order chi connectivity index (χ1) is 9.15. The van der Waals surface area contributed by atoms with Gasteiger partial charge in [-0.3, -0.25) is 4.99 Å². The summed E-state index contributed by atoms with van der Waals surface area (Å²) in [4.78, 5) is 4.28. The van der Waals surface area contributed by atoms with E-state index in [-0.39, 0.29) is 30.0 Å². The Morgan fingerprint density at radius 3 is 2.50 bits per heavy atom. The van der Waals surface area contributed by atoms with Gasteiger partial charge in [0.1, 0.15) is 5.75 Å². The van der Waals surface area contributed by atoms with E-state index in [2.05, 4.69) is 10.3 Å². The summed E-state index contributed by atoms with van der Waals surface area (Å²) in [6.07, 6.45) is 0.852. The number of guanidine groups is 1. The Balaban J connectivity index is 0.00000361. The fraction of sp³-hybridized carbons (Fsp3) is 0.500. The molecule has 1 rings (SSSR count). The topological polar surface area (TPSA) is 68.9 Å². The lowest BCUT2D eigenvalue weighted by atomic mass is 10.1. The zero-order valence-corrected chi connectivity index (χ0v) is 14.6. The molecule has 0 spiro atoms. The van der Waals surface area contributed by atoms with E-state index in [1.807, 2.05) is 31.2 Å². The highest BCUT2D eigenvalue weighted by Gasteiger charge is 2.01. The summed E-state index contributed by atoms with van der Waals surface area (Å²) in [7, 11) is 3.32. The maximum Gasteiger partial charge on any atom is 0.188 e. The summed E-state index contributed by atoms with van der Waals surface area (Å²) in [5.41, 5.74) is 6.99. The molecule has 20 heavy (non-hydrogen) atoms. The highest BCUT2D eigenvalue weighted by Crippen LogP contribution is 2.11. The second-order valence-corrected chi connectivity index (χ2v) is 4.37. The number of rotatable bonds is 7. The molecule has 1 atom stereocenters. The van der Waals surface area contributed by atoms with Crippen molar-refractivity contribution in [2.45, 2.75) is 19.4 Å². The first-order valence-electron chi connectivity index (χ1n) is 6.34. The number of benzene rings is 1. The van der Waals surface area contributed by atoms with E-state index in [0.29, 0.717) is 19.1 Å². The molecule has 0 radical (unpaired) electrons. The fourth-order valence-corrected chi connectivity index (χ4v) is 1.69. The van der Waals surface area contributed by atoms with E-state index in [0.717, 1.165) is 12.2 Å². The van der Waals surface area contributed by atoms with E-state index in [9.17, 15) is 0 Å². The van der Waals surface area contributed by atoms with Crippen LogP contribution in [-0.2, 0) is 11.2 Å². The first kappa shape index (κ1) is 19.0. The lowest BCUT2D eigenvalue weighted by Gasteiger charge is -2.13. The number of ether oxygens (including phenoxy) is 2. The molecule has 0 aliphatic heterocycles. The second kappa shape index (κ2) is 10.7. The van der Waals surface area contributed by atoms with Gasteiger partial charge in [-0.25, -0.2) is 0 Å². The maximum atomic E-state index is 5.78. The normalized spacial score (nSPS) is 12.4. The zero-order valence-electron chi connectivity index (χ0n) is 12.3. The van der Waals surface area contributed by atoms with Crippen molar-refractivity contribution in [3.63, 3.8) is 0 Å². The maximum absolute atomic E-state index is 5.78. The molecule has 0 aromatic heterocycles. The molecule has 0 bridgehead atoms. The van der Waals surface area contributed by atoms with Gasteiger partial charge < -0.3 is 20.5 Å². The molecule has 0 saturated heterocycles. The molecule has 1 aromatic carbocycles. The third-order valence-corrected chi connectivity index (χ3v) is 2.65. The average molecular weight is 393 g/mol. The van der Waals surface area contributed by atoms with E-state index in [1.165, 1.54) is 5.56 Å². The fourth-order valence-electron chi connectivity index (χ4n) is 1.69. The summed E-state index contributed by atoms with van der Waals surface area (Å²) in [6, 6.07) is 8.12. The molecule has 114 valence electrons. The van der Waals surface area contributed by atoms with E-state index in [4.69, 9.17) is 15.2 Å². The minimum Gasteiger partial charge on any atom is -0.497 e. The molecular weight excluding hydrogens is 369 g/mol. The Hall–Kier alpha value is -1.02. The number of hydrogen-bond acceptors (Lipinski definition) is 3. The Morgan fingerprint density at radius 1 is 1.30 bits per heavy atom. The van der Waals surface area contributed by atoms with Gasteiger partial charge in [0.2, 0.25) is 0 Å². The van der Waals surface area contributed by atoms with Crippen LogP contribution in [-0.4, -0.2) is 39.4 Å². The highest BCUT2D eigenvalue weighted by molar-refractivity contribution is 14.0. The average Bonchev–Trinajstić information content (AvgIpc) is 2.39. The molecule has 3 N–H and O–H groups in total. The van der Waals surface area contributed by atoms with Crippen molar-refractivity contribution in [1.82, 2.24) is 5.32 Å². The van der Waals surface area contributed by atoms with Crippen molar-refractivity contribution in [1.29, 1.82) is 0 Å². The van der Waals surface area contributed by atoms with Gasteiger partial charge in [0.25, 0.3) is 0 Å². The van der Waals surface area contributed by atoms with Gasteiger partial charge >= 0.3 is 0 Å². The van der Waals surface area contributed by atoms with Crippen LogP contribution in [0.25, 0.3) is 0 Å². The third-order valence-electron chi connectivity index (χ3n) is 2.65. The predicted molar refractivity (Wildman–Crippen MR) is 93.1 cm³/mol. The van der Waals surface area contributed by atoms with Crippen LogP contribution in [0.3, 0.4) is 0 Å². The Morgan fingerprint density at radius 2 is 1.95 bits per heavy atom. The monoisotopic (exact) mass is 393 g/mol. The minimum atomic E-state index is 0. The first-order valence-corrected chi connectivity index (χ1v) is 6.34. The number of methoxy groups -OCH3 is 2. The van der Waals surface area contributed by atoms with Crippen molar-refractivity contribution in [3.05, 3.63) is 29.8 Å². The molecule has 6 heteroatoms. The van der Waals surface area contributed by atoms with Crippen molar-refractivity contribution >= 4 is 29.9 Å². The molecule has 0 amide bonds. The number of nitrogens with two attached hydrogens (primary N) is 1. The van der Waals surface area contributed by atoms with Gasteiger partial charge in [-0.2, -0.15) is 0 Å². The van der Waals surface area contributed by atoms with Crippen LogP contribution in [0.15, 0.2) is 29.3 Å². The van der Waals surface area contributed by atoms with Crippen molar-refractivity contribution < 1.29 is 9.47 Å². The van der Waals surface area contributed by atoms with Gasteiger partial charge in [-0.1, -0.05) is 12.1 Å². The van der Waals surface area contributed by atoms with Crippen molar-refractivity contribution in [2.75, 3.05) is 27.4 Å². The summed E-state index contributed by atoms with van der Waals surface area (Å²) < 4.78 is 10.1. The number of nitrogens with one attached hydrogen (secondary N) is 1. The standard InChI is InChI=1S/C14H23N3O2.HI/c1-11(10-18-2)17-14(15)16-9-8-12-4-6-13(19-3)7-5-12;/h4-7,11H,8-10H2,1-3H3,(H3,15,16,17);1H. The quantitative estimate of drug-likeness (QED) is 0.421. The number of aliphatic imine (C=N–C) groups is 1. The smallest absolute Gasteiger partial charge is 0.188 e. The molecule has 1 unspecified atom stereocenters. The summed E-state index contributed by atoms with van der Waals surface area (Å²) in [5.74, 6) is 1.32. The predicted octanol–water partition coefficient (Wildman–Crippen LogP) is 1.79. The Kier molecular flexibility index (Phi) is 10.2. The van der Waals surface area contributed by atoms with Crippen molar-refractivity contribution in [3.8, 4) is 5.75 Å². The molecule has 0 heterocycles. The largest absolute Gasteiger partial charge is 0.497 e. The van der Waals surface area contributed by atoms with Crippen LogP contribution in [0.2, 0.25) is 0 Å². The van der Waals surface area contributed by atoms with Gasteiger partial charge in [-0.05, 0) is 31.0 Å². The van der Waals surface area contributed by atoms with Crippen LogP contribution >= 0.6 is 24.0 Å². The molecule has 1 aromatic rings. The second-order valence-electron chi connectivity index (χ2n) is 4.37. The highest BCUT2D eigenvalue weighted by atomic mass is 127. The van der Waals surface area contributed by atoms with Crippen LogP contribution in [0.1, 0.15) is 12.5 Å². The summed E-state index contributed by atoms with van der Waals surface area (Å²) in [6.45, 7) is 3.26. The Bertz CT molecular complexity index is 396. The number of halogens is 1. The minimum absolute atomic E-state index is 0. The van der Waals surface area contributed by atoms with E-state index < -0.39 is 0 Å². The molecule has 0 aliphatic rings. The summed E-state index contributed by atoms with van der Waals surface area (Å²) >= 11 is 0. The number of hydrogen-bond donors (Lipinski definition) is 2. The van der Waals surface area contributed by atoms with E-state index in [1.54, 1.807) is 14.2 Å². The van der Waals surface area contributed by atoms with Gasteiger partial charge in [0.05, 0.1) is 13.7 Å².